The highest BCUT2D eigenvalue weighted by Crippen LogP contribution is 2.36. The van der Waals surface area contributed by atoms with E-state index in [-0.39, 0.29) is 5.91 Å². The number of hydrogen-bond acceptors (Lipinski definition) is 2. The third-order valence-corrected chi connectivity index (χ3v) is 2.87. The second-order valence-electron chi connectivity index (χ2n) is 3.22. The van der Waals surface area contributed by atoms with Crippen molar-refractivity contribution in [2.24, 2.45) is 0 Å². The fourth-order valence-electron chi connectivity index (χ4n) is 1.39. The Morgan fingerprint density at radius 1 is 1.54 bits per heavy atom. The minimum absolute atomic E-state index is 0.357. The van der Waals surface area contributed by atoms with E-state index in [4.69, 9.17) is 0 Å². The Bertz CT molecular complexity index is 387. The Kier molecular flexibility index (Phi) is 1.85. The standard InChI is InChI=1S/C9H8INO2/c1-9(13)6-4-5(10)2-3-7(6)11-8(9)12/h2-4,13H,1H3,(H,11,12). The van der Waals surface area contributed by atoms with Gasteiger partial charge in [-0.25, -0.2) is 0 Å². The van der Waals surface area contributed by atoms with Gasteiger partial charge in [-0.1, -0.05) is 0 Å². The van der Waals surface area contributed by atoms with Crippen LogP contribution in [0.3, 0.4) is 0 Å². The molecule has 0 fully saturated rings. The van der Waals surface area contributed by atoms with E-state index in [9.17, 15) is 9.90 Å². The van der Waals surface area contributed by atoms with Crippen molar-refractivity contribution in [1.82, 2.24) is 0 Å². The van der Waals surface area contributed by atoms with Crippen LogP contribution in [0.5, 0.6) is 0 Å². The zero-order valence-corrected chi connectivity index (χ0v) is 9.12. The molecule has 1 aliphatic heterocycles. The Morgan fingerprint density at radius 2 is 2.23 bits per heavy atom. The number of hydrogen-bond donors (Lipinski definition) is 2. The van der Waals surface area contributed by atoms with E-state index >= 15 is 0 Å². The Hall–Kier alpha value is -0.620. The highest BCUT2D eigenvalue weighted by molar-refractivity contribution is 14.1. The molecule has 0 radical (unpaired) electrons. The topological polar surface area (TPSA) is 49.3 Å². The van der Waals surface area contributed by atoms with Gasteiger partial charge < -0.3 is 10.4 Å². The summed E-state index contributed by atoms with van der Waals surface area (Å²) in [6.45, 7) is 1.50. The van der Waals surface area contributed by atoms with Crippen molar-refractivity contribution in [1.29, 1.82) is 0 Å². The number of benzene rings is 1. The van der Waals surface area contributed by atoms with Crippen molar-refractivity contribution in [3.63, 3.8) is 0 Å². The molecule has 13 heavy (non-hydrogen) atoms. The molecule has 0 aromatic heterocycles. The summed E-state index contributed by atoms with van der Waals surface area (Å²) in [5.74, 6) is -0.357. The number of rotatable bonds is 0. The lowest BCUT2D eigenvalue weighted by Gasteiger charge is -2.13. The number of halogens is 1. The molecule has 0 aliphatic carbocycles. The van der Waals surface area contributed by atoms with E-state index in [1.807, 2.05) is 12.1 Å². The first-order valence-corrected chi connectivity index (χ1v) is 4.93. The number of amides is 1. The summed E-state index contributed by atoms with van der Waals surface area (Å²) >= 11 is 2.15. The number of carbonyl (C=O) groups is 1. The summed E-state index contributed by atoms with van der Waals surface area (Å²) in [6, 6.07) is 5.51. The molecule has 1 aromatic rings. The molecule has 4 heteroatoms. The molecular formula is C9H8INO2. The minimum atomic E-state index is -1.38. The van der Waals surface area contributed by atoms with Crippen LogP contribution in [0.2, 0.25) is 0 Å². The molecular weight excluding hydrogens is 281 g/mol. The molecule has 68 valence electrons. The predicted octanol–water partition coefficient (Wildman–Crippen LogP) is 1.45. The Balaban J connectivity index is 2.64. The fraction of sp³-hybridized carbons (Fsp3) is 0.222. The third-order valence-electron chi connectivity index (χ3n) is 2.20. The van der Waals surface area contributed by atoms with Crippen LogP contribution >= 0.6 is 22.6 Å². The number of nitrogens with one attached hydrogen (secondary N) is 1. The molecule has 1 unspecified atom stereocenters. The molecule has 3 nitrogen and oxygen atoms in total. The first kappa shape index (κ1) is 8.96. The van der Waals surface area contributed by atoms with Gasteiger partial charge in [0, 0.05) is 14.8 Å². The largest absolute Gasteiger partial charge is 0.375 e. The molecule has 1 amide bonds. The van der Waals surface area contributed by atoms with Gasteiger partial charge in [-0.3, -0.25) is 4.79 Å². The highest BCUT2D eigenvalue weighted by Gasteiger charge is 2.40. The second kappa shape index (κ2) is 2.68. The number of carbonyl (C=O) groups excluding carboxylic acids is 1. The van der Waals surface area contributed by atoms with Crippen LogP contribution in [-0.4, -0.2) is 11.0 Å². The van der Waals surface area contributed by atoms with Crippen molar-refractivity contribution in [3.05, 3.63) is 27.3 Å². The van der Waals surface area contributed by atoms with Crippen LogP contribution in [0.1, 0.15) is 12.5 Å². The summed E-state index contributed by atoms with van der Waals surface area (Å²) in [5.41, 5.74) is -0.0175. The van der Waals surface area contributed by atoms with Gasteiger partial charge in [0.25, 0.3) is 5.91 Å². The molecule has 1 atom stereocenters. The first-order valence-electron chi connectivity index (χ1n) is 3.85. The lowest BCUT2D eigenvalue weighted by molar-refractivity contribution is -0.131. The normalized spacial score (nSPS) is 25.6. The van der Waals surface area contributed by atoms with Crippen LogP contribution in [0, 0.1) is 3.57 Å². The molecule has 1 heterocycles. The summed E-state index contributed by atoms with van der Waals surface area (Å²) in [6.07, 6.45) is 0. The second-order valence-corrected chi connectivity index (χ2v) is 4.46. The minimum Gasteiger partial charge on any atom is -0.375 e. The zero-order valence-electron chi connectivity index (χ0n) is 6.97. The van der Waals surface area contributed by atoms with Crippen molar-refractivity contribution in [2.45, 2.75) is 12.5 Å². The SMILES string of the molecule is CC1(O)C(=O)Nc2ccc(I)cc21. The first-order chi connectivity index (χ1) is 6.01. The molecule has 2 rings (SSSR count). The van der Waals surface area contributed by atoms with Gasteiger partial charge in [-0.15, -0.1) is 0 Å². The van der Waals surface area contributed by atoms with E-state index in [0.717, 1.165) is 3.57 Å². The van der Waals surface area contributed by atoms with E-state index in [0.29, 0.717) is 11.3 Å². The quantitative estimate of drug-likeness (QED) is 0.710. The van der Waals surface area contributed by atoms with Crippen molar-refractivity contribution in [3.8, 4) is 0 Å². The average Bonchev–Trinajstić information content (AvgIpc) is 2.27. The van der Waals surface area contributed by atoms with E-state index in [1.165, 1.54) is 6.92 Å². The highest BCUT2D eigenvalue weighted by atomic mass is 127. The lowest BCUT2D eigenvalue weighted by Crippen LogP contribution is -2.30. The van der Waals surface area contributed by atoms with Crippen LogP contribution in [-0.2, 0) is 10.4 Å². The summed E-state index contributed by atoms with van der Waals surface area (Å²) in [5, 5.41) is 12.4. The van der Waals surface area contributed by atoms with Gasteiger partial charge in [-0.2, -0.15) is 0 Å². The van der Waals surface area contributed by atoms with Gasteiger partial charge in [0.2, 0.25) is 0 Å². The van der Waals surface area contributed by atoms with Crippen LogP contribution in [0.4, 0.5) is 5.69 Å². The molecule has 0 spiro atoms. The molecule has 0 bridgehead atoms. The zero-order chi connectivity index (χ0) is 9.64. The fourth-order valence-corrected chi connectivity index (χ4v) is 1.89. The van der Waals surface area contributed by atoms with Crippen molar-refractivity contribution >= 4 is 34.2 Å². The van der Waals surface area contributed by atoms with Crippen LogP contribution in [0.15, 0.2) is 18.2 Å². The predicted molar refractivity (Wildman–Crippen MR) is 57.4 cm³/mol. The summed E-state index contributed by atoms with van der Waals surface area (Å²) in [7, 11) is 0. The van der Waals surface area contributed by atoms with Gasteiger partial charge in [0.05, 0.1) is 0 Å². The summed E-state index contributed by atoms with van der Waals surface area (Å²) < 4.78 is 1.01. The third kappa shape index (κ3) is 1.24. The molecule has 2 N–H and O–H groups in total. The Morgan fingerprint density at radius 3 is 2.92 bits per heavy atom. The van der Waals surface area contributed by atoms with Crippen molar-refractivity contribution in [2.75, 3.05) is 5.32 Å². The van der Waals surface area contributed by atoms with Crippen LogP contribution < -0.4 is 5.32 Å². The maximum absolute atomic E-state index is 11.3. The molecule has 1 aromatic carbocycles. The Labute approximate surface area is 89.3 Å². The molecule has 0 saturated carbocycles. The van der Waals surface area contributed by atoms with Crippen molar-refractivity contribution < 1.29 is 9.90 Å². The summed E-state index contributed by atoms with van der Waals surface area (Å²) in [4.78, 5) is 11.3. The number of anilines is 1. The van der Waals surface area contributed by atoms with Crippen LogP contribution in [0.25, 0.3) is 0 Å². The molecule has 0 saturated heterocycles. The monoisotopic (exact) mass is 289 g/mol. The number of fused-ring (bicyclic) bond motifs is 1. The maximum atomic E-state index is 11.3. The van der Waals surface area contributed by atoms with Gasteiger partial charge in [-0.05, 0) is 47.7 Å². The van der Waals surface area contributed by atoms with Gasteiger partial charge in [0.1, 0.15) is 0 Å². The molecule has 1 aliphatic rings. The lowest BCUT2D eigenvalue weighted by atomic mass is 9.98. The van der Waals surface area contributed by atoms with E-state index in [2.05, 4.69) is 27.9 Å². The number of aliphatic hydroxyl groups is 1. The van der Waals surface area contributed by atoms with E-state index in [1.54, 1.807) is 6.07 Å². The van der Waals surface area contributed by atoms with Gasteiger partial charge >= 0.3 is 0 Å². The van der Waals surface area contributed by atoms with E-state index < -0.39 is 5.60 Å². The van der Waals surface area contributed by atoms with Gasteiger partial charge in [0.15, 0.2) is 5.60 Å². The maximum Gasteiger partial charge on any atom is 0.260 e. The smallest absolute Gasteiger partial charge is 0.260 e. The average molecular weight is 289 g/mol.